The second-order valence-corrected chi connectivity index (χ2v) is 17.4. The maximum absolute atomic E-state index is 13.7. The molecule has 6 aliphatic heterocycles. The quantitative estimate of drug-likeness (QED) is 0.355. The number of likely N-dealkylation sites (tertiary alicyclic amines) is 1. The smallest absolute Gasteiger partial charge is 0.262 e. The summed E-state index contributed by atoms with van der Waals surface area (Å²) in [7, 11) is 0. The number of piperidine rings is 3. The molecule has 0 radical (unpaired) electrons. The number of nitrogens with one attached hydrogen (secondary N) is 1. The molecule has 0 bridgehead atoms. The van der Waals surface area contributed by atoms with Gasteiger partial charge in [-0.25, -0.2) is 0 Å². The first-order valence-corrected chi connectivity index (χ1v) is 21.4. The number of nitriles is 1. The lowest BCUT2D eigenvalue weighted by Crippen LogP contribution is -2.54. The normalized spacial score (nSPS) is 22.0. The first-order chi connectivity index (χ1) is 29.0. The van der Waals surface area contributed by atoms with E-state index in [0.29, 0.717) is 68.3 Å². The monoisotopic (exact) mass is 830 g/mol. The number of anilines is 3. The Morgan fingerprint density at radius 3 is 2.00 bits per heavy atom. The number of imide groups is 2. The number of amides is 6. The molecule has 6 amide bonds. The third-order valence-corrected chi connectivity index (χ3v) is 14.0. The molecule has 15 heteroatoms. The summed E-state index contributed by atoms with van der Waals surface area (Å²) in [6.07, 6.45) is 4.50. The molecule has 1 spiro atoms. The molecule has 1 unspecified atom stereocenters. The van der Waals surface area contributed by atoms with Crippen molar-refractivity contribution in [3.8, 4) is 6.07 Å². The molecular weight excluding hydrogens is 784 g/mol. The Kier molecular flexibility index (Phi) is 10.5. The Hall–Kier alpha value is -5.94. The Labute approximate surface area is 353 Å². The van der Waals surface area contributed by atoms with Crippen LogP contribution in [0.1, 0.15) is 81.6 Å². The summed E-state index contributed by atoms with van der Waals surface area (Å²) in [6, 6.07) is 19.8. The summed E-state index contributed by atoms with van der Waals surface area (Å²) >= 11 is 6.31. The van der Waals surface area contributed by atoms with Gasteiger partial charge in [-0.15, -0.1) is 0 Å². The molecule has 14 nitrogen and oxygen atoms in total. The van der Waals surface area contributed by atoms with Crippen LogP contribution in [0.4, 0.5) is 17.1 Å². The second-order valence-electron chi connectivity index (χ2n) is 17.0. The van der Waals surface area contributed by atoms with Gasteiger partial charge in [-0.1, -0.05) is 11.6 Å². The van der Waals surface area contributed by atoms with Crippen LogP contribution < -0.4 is 20.0 Å². The van der Waals surface area contributed by atoms with Crippen molar-refractivity contribution in [2.24, 2.45) is 11.3 Å². The lowest BCUT2D eigenvalue weighted by molar-refractivity contribution is -0.137. The maximum Gasteiger partial charge on any atom is 0.262 e. The minimum Gasteiger partial charge on any atom is -0.371 e. The number of nitrogens with zero attached hydrogens (tertiary/aromatic N) is 7. The minimum atomic E-state index is -1.01. The van der Waals surface area contributed by atoms with Gasteiger partial charge < -0.3 is 24.5 Å². The van der Waals surface area contributed by atoms with Crippen LogP contribution >= 0.6 is 11.6 Å². The van der Waals surface area contributed by atoms with Gasteiger partial charge in [0, 0.05) is 100 Å². The molecule has 5 saturated heterocycles. The summed E-state index contributed by atoms with van der Waals surface area (Å²) in [4.78, 5) is 89.4. The second kappa shape index (κ2) is 15.9. The molecule has 1 N–H and O–H groups in total. The average Bonchev–Trinajstić information content (AvgIpc) is 3.80. The van der Waals surface area contributed by atoms with Gasteiger partial charge in [-0.3, -0.25) is 39.0 Å². The van der Waals surface area contributed by atoms with Crippen LogP contribution in [-0.4, -0.2) is 122 Å². The van der Waals surface area contributed by atoms with Gasteiger partial charge in [0.1, 0.15) is 12.1 Å². The first kappa shape index (κ1) is 39.5. The van der Waals surface area contributed by atoms with Crippen LogP contribution in [0.25, 0.3) is 0 Å². The Balaban J connectivity index is 0.727. The Morgan fingerprint density at radius 1 is 0.683 bits per heavy atom. The highest BCUT2D eigenvalue weighted by atomic mass is 35.5. The fourth-order valence-electron chi connectivity index (χ4n) is 10.0. The number of carbonyl (C=O) groups is 6. The lowest BCUT2D eigenvalue weighted by Gasteiger charge is -2.40. The zero-order valence-electron chi connectivity index (χ0n) is 33.4. The van der Waals surface area contributed by atoms with E-state index < -0.39 is 29.7 Å². The van der Waals surface area contributed by atoms with Crippen LogP contribution in [0.15, 0.2) is 60.7 Å². The number of fused-ring (bicyclic) bond motifs is 1. The molecular formula is C45H47ClN8O6. The Morgan fingerprint density at radius 2 is 1.32 bits per heavy atom. The Bertz CT molecular complexity index is 2300. The van der Waals surface area contributed by atoms with Crippen molar-refractivity contribution in [3.63, 3.8) is 0 Å². The van der Waals surface area contributed by atoms with Crippen molar-refractivity contribution >= 4 is 64.1 Å². The van der Waals surface area contributed by atoms with E-state index in [2.05, 4.69) is 26.1 Å². The zero-order chi connectivity index (χ0) is 41.7. The van der Waals surface area contributed by atoms with Crippen LogP contribution in [0.3, 0.4) is 0 Å². The van der Waals surface area contributed by atoms with E-state index in [9.17, 15) is 34.0 Å². The molecule has 0 aromatic heterocycles. The fraction of sp³-hybridized carbons (Fsp3) is 0.444. The van der Waals surface area contributed by atoms with E-state index in [0.717, 1.165) is 67.4 Å². The minimum absolute atomic E-state index is 0.0581. The number of halogens is 1. The standard InChI is InChI=1S/C45H47ClN8O6/c46-37-26-34(6-3-31(37)27-47)53-20-15-45(28-53)13-18-51(19-14-45)41(57)29-1-4-32(5-2-29)50-21-23-52(24-22-50)42(58)30-11-16-49(17-12-30)33-7-8-35-36(25-33)44(60)54(43(35)59)38-9-10-39(55)48-40(38)56/h1-8,25-26,30,38H,9-24,28H2,(H,48,55,56). The fourth-order valence-corrected chi connectivity index (χ4v) is 10.2. The van der Waals surface area contributed by atoms with Gasteiger partial charge in [0.05, 0.1) is 21.7 Å². The highest BCUT2D eigenvalue weighted by Gasteiger charge is 2.45. The molecule has 9 rings (SSSR count). The topological polar surface area (TPSA) is 158 Å². The van der Waals surface area contributed by atoms with E-state index in [1.807, 2.05) is 52.3 Å². The number of hydrogen-bond donors (Lipinski definition) is 1. The molecule has 3 aromatic carbocycles. The number of carbonyl (C=O) groups excluding carboxylic acids is 6. The zero-order valence-corrected chi connectivity index (χ0v) is 34.2. The molecule has 0 aliphatic carbocycles. The number of rotatable bonds is 6. The molecule has 5 fully saturated rings. The SMILES string of the molecule is N#Cc1ccc(N2CCC3(CCN(C(=O)c4ccc(N5CCN(C(=O)C6CCN(c7ccc8c(c7)C(=O)N(C7CCC(=O)NC7=O)C8=O)CC6)CC5)cc4)CC3)C2)cc1Cl. The van der Waals surface area contributed by atoms with Gasteiger partial charge in [0.25, 0.3) is 17.7 Å². The largest absolute Gasteiger partial charge is 0.371 e. The van der Waals surface area contributed by atoms with Crippen LogP contribution in [0, 0.1) is 22.7 Å². The van der Waals surface area contributed by atoms with Gasteiger partial charge in [-0.05, 0) is 105 Å². The third-order valence-electron chi connectivity index (χ3n) is 13.7. The predicted molar refractivity (Wildman–Crippen MR) is 224 cm³/mol. The van der Waals surface area contributed by atoms with Crippen molar-refractivity contribution in [3.05, 3.63) is 87.9 Å². The van der Waals surface area contributed by atoms with Crippen LogP contribution in [-0.2, 0) is 14.4 Å². The predicted octanol–water partition coefficient (Wildman–Crippen LogP) is 4.31. The van der Waals surface area contributed by atoms with Crippen molar-refractivity contribution < 1.29 is 28.8 Å². The van der Waals surface area contributed by atoms with Gasteiger partial charge >= 0.3 is 0 Å². The van der Waals surface area contributed by atoms with E-state index in [4.69, 9.17) is 11.6 Å². The third kappa shape index (κ3) is 7.33. The van der Waals surface area contributed by atoms with Gasteiger partial charge in [0.15, 0.2) is 0 Å². The van der Waals surface area contributed by atoms with E-state index in [-0.39, 0.29) is 47.1 Å². The average molecular weight is 831 g/mol. The molecule has 310 valence electrons. The molecule has 60 heavy (non-hydrogen) atoms. The molecule has 6 heterocycles. The highest BCUT2D eigenvalue weighted by Crippen LogP contribution is 2.43. The molecule has 1 atom stereocenters. The summed E-state index contributed by atoms with van der Waals surface area (Å²) in [5, 5.41) is 11.9. The number of hydrogen-bond acceptors (Lipinski definition) is 10. The molecule has 3 aromatic rings. The van der Waals surface area contributed by atoms with Crippen molar-refractivity contribution in [1.82, 2.24) is 20.0 Å². The summed E-state index contributed by atoms with van der Waals surface area (Å²) in [6.45, 7) is 7.22. The molecule has 6 aliphatic rings. The van der Waals surface area contributed by atoms with E-state index in [1.165, 1.54) is 0 Å². The van der Waals surface area contributed by atoms with Crippen LogP contribution in [0.5, 0.6) is 0 Å². The highest BCUT2D eigenvalue weighted by molar-refractivity contribution is 6.32. The number of piperazine rings is 1. The van der Waals surface area contributed by atoms with Crippen molar-refractivity contribution in [2.45, 2.75) is 51.0 Å². The maximum atomic E-state index is 13.7. The van der Waals surface area contributed by atoms with E-state index in [1.54, 1.807) is 18.2 Å². The summed E-state index contributed by atoms with van der Waals surface area (Å²) in [5.74, 6) is -1.98. The van der Waals surface area contributed by atoms with Gasteiger partial charge in [-0.2, -0.15) is 5.26 Å². The van der Waals surface area contributed by atoms with Crippen LogP contribution in [0.2, 0.25) is 5.02 Å². The first-order valence-electron chi connectivity index (χ1n) is 21.0. The summed E-state index contributed by atoms with van der Waals surface area (Å²) in [5.41, 5.74) is 4.70. The van der Waals surface area contributed by atoms with Gasteiger partial charge in [0.2, 0.25) is 17.7 Å². The lowest BCUT2D eigenvalue weighted by atomic mass is 9.77. The number of benzene rings is 3. The molecule has 0 saturated carbocycles. The summed E-state index contributed by atoms with van der Waals surface area (Å²) < 4.78 is 0. The van der Waals surface area contributed by atoms with Crippen molar-refractivity contribution in [2.75, 3.05) is 80.1 Å². The van der Waals surface area contributed by atoms with E-state index >= 15 is 0 Å². The van der Waals surface area contributed by atoms with Crippen molar-refractivity contribution in [1.29, 1.82) is 5.26 Å².